The average molecular weight is 287 g/mol. The average Bonchev–Trinajstić information content (AvgIpc) is 2.46. The zero-order valence-corrected chi connectivity index (χ0v) is 12.3. The Morgan fingerprint density at radius 1 is 0.850 bits per heavy atom. The van der Waals surface area contributed by atoms with Crippen LogP contribution in [0.1, 0.15) is 25.0 Å². The Kier molecular flexibility index (Phi) is 4.35. The first-order valence-corrected chi connectivity index (χ1v) is 7.95. The Hall–Kier alpha value is -1.94. The van der Waals surface area contributed by atoms with Crippen molar-refractivity contribution >= 4 is 15.7 Å². The van der Waals surface area contributed by atoms with E-state index < -0.39 is 15.3 Å². The van der Waals surface area contributed by atoms with Crippen molar-refractivity contribution in [3.05, 3.63) is 71.8 Å². The molecule has 2 aromatic rings. The predicted octanol–water partition coefficient (Wildman–Crippen LogP) is 3.26. The Morgan fingerprint density at radius 3 is 1.60 bits per heavy atom. The molecule has 4 heteroatoms. The number of nitrogens with zero attached hydrogens (tertiary/aromatic N) is 1. The minimum absolute atomic E-state index is 0.486. The first-order valence-electron chi connectivity index (χ1n) is 6.45. The summed E-state index contributed by atoms with van der Waals surface area (Å²) in [6, 6.07) is 18.7. The first-order chi connectivity index (χ1) is 9.50. The fourth-order valence-electron chi connectivity index (χ4n) is 1.70. The lowest BCUT2D eigenvalue weighted by Crippen LogP contribution is -2.15. The van der Waals surface area contributed by atoms with E-state index in [1.807, 2.05) is 60.7 Å². The zero-order valence-electron chi connectivity index (χ0n) is 11.5. The molecule has 0 saturated carbocycles. The molecule has 0 spiro atoms. The van der Waals surface area contributed by atoms with E-state index in [2.05, 4.69) is 4.40 Å². The topological polar surface area (TPSA) is 46.5 Å². The van der Waals surface area contributed by atoms with Gasteiger partial charge in [0.2, 0.25) is 0 Å². The number of rotatable bonds is 4. The summed E-state index contributed by atoms with van der Waals surface area (Å²) in [4.78, 5) is 0. The van der Waals surface area contributed by atoms with E-state index in [0.717, 1.165) is 11.1 Å². The molecule has 0 aliphatic heterocycles. The zero-order chi connectivity index (χ0) is 14.6. The van der Waals surface area contributed by atoms with Crippen LogP contribution in [-0.2, 0) is 10.0 Å². The van der Waals surface area contributed by atoms with Crippen molar-refractivity contribution in [2.45, 2.75) is 19.1 Å². The lowest BCUT2D eigenvalue weighted by molar-refractivity contribution is 0.589. The van der Waals surface area contributed by atoms with E-state index in [-0.39, 0.29) is 0 Å². The van der Waals surface area contributed by atoms with Gasteiger partial charge in [0, 0.05) is 11.1 Å². The quantitative estimate of drug-likeness (QED) is 0.810. The van der Waals surface area contributed by atoms with Crippen molar-refractivity contribution in [2.75, 3.05) is 0 Å². The van der Waals surface area contributed by atoms with E-state index in [1.165, 1.54) is 0 Å². The van der Waals surface area contributed by atoms with Crippen molar-refractivity contribution in [1.82, 2.24) is 0 Å². The highest BCUT2D eigenvalue weighted by Gasteiger charge is 2.17. The van der Waals surface area contributed by atoms with Crippen LogP contribution in [0.15, 0.2) is 65.1 Å². The van der Waals surface area contributed by atoms with Crippen molar-refractivity contribution in [3.63, 3.8) is 0 Å². The van der Waals surface area contributed by atoms with Crippen molar-refractivity contribution in [3.8, 4) is 0 Å². The van der Waals surface area contributed by atoms with Gasteiger partial charge in [-0.05, 0) is 13.8 Å². The summed E-state index contributed by atoms with van der Waals surface area (Å²) in [6.45, 7) is 3.26. The molecule has 2 rings (SSSR count). The second-order valence-electron chi connectivity index (χ2n) is 4.74. The summed E-state index contributed by atoms with van der Waals surface area (Å²) in [6.07, 6.45) is 0. The second kappa shape index (κ2) is 6.01. The maximum absolute atomic E-state index is 12.1. The Balaban J connectivity index is 2.61. The Bertz CT molecular complexity index is 648. The predicted molar refractivity (Wildman–Crippen MR) is 82.6 cm³/mol. The maximum atomic E-state index is 12.1. The standard InChI is InChI=1S/C16H17NO2S/c1-13(2)20(18,19)17-16(14-9-5-3-6-10-14)15-11-7-4-8-12-15/h3-13H,1-2H3. The summed E-state index contributed by atoms with van der Waals surface area (Å²) >= 11 is 0. The van der Waals surface area contributed by atoms with Gasteiger partial charge >= 0.3 is 0 Å². The molecule has 0 unspecified atom stereocenters. The van der Waals surface area contributed by atoms with Crippen LogP contribution < -0.4 is 0 Å². The molecule has 0 fully saturated rings. The molecular weight excluding hydrogens is 270 g/mol. The summed E-state index contributed by atoms with van der Waals surface area (Å²) in [5.74, 6) is 0. The van der Waals surface area contributed by atoms with E-state index in [1.54, 1.807) is 13.8 Å². The van der Waals surface area contributed by atoms with Crippen LogP contribution in [0.2, 0.25) is 0 Å². The van der Waals surface area contributed by atoms with Crippen LogP contribution in [0.4, 0.5) is 0 Å². The molecule has 0 amide bonds. The highest BCUT2D eigenvalue weighted by molar-refractivity contribution is 7.90. The lowest BCUT2D eigenvalue weighted by atomic mass is 10.0. The molecule has 0 radical (unpaired) electrons. The van der Waals surface area contributed by atoms with E-state index in [0.29, 0.717) is 5.71 Å². The molecule has 0 bridgehead atoms. The highest BCUT2D eigenvalue weighted by Crippen LogP contribution is 2.14. The molecule has 0 N–H and O–H groups in total. The molecule has 104 valence electrons. The lowest BCUT2D eigenvalue weighted by Gasteiger charge is -2.09. The highest BCUT2D eigenvalue weighted by atomic mass is 32.2. The summed E-state index contributed by atoms with van der Waals surface area (Å²) in [5, 5.41) is -0.537. The summed E-state index contributed by atoms with van der Waals surface area (Å²) in [5.41, 5.74) is 2.07. The van der Waals surface area contributed by atoms with Gasteiger partial charge in [-0.25, -0.2) is 8.42 Å². The maximum Gasteiger partial charge on any atom is 0.256 e. The minimum atomic E-state index is -3.51. The van der Waals surface area contributed by atoms with Crippen molar-refractivity contribution in [1.29, 1.82) is 0 Å². The van der Waals surface area contributed by atoms with Gasteiger partial charge < -0.3 is 0 Å². The number of benzene rings is 2. The number of hydrogen-bond acceptors (Lipinski definition) is 2. The number of hydrogen-bond donors (Lipinski definition) is 0. The van der Waals surface area contributed by atoms with Gasteiger partial charge in [0.25, 0.3) is 10.0 Å². The first kappa shape index (κ1) is 14.5. The van der Waals surface area contributed by atoms with Gasteiger partial charge in [0.1, 0.15) is 0 Å². The van der Waals surface area contributed by atoms with E-state index >= 15 is 0 Å². The van der Waals surface area contributed by atoms with Crippen LogP contribution in [0.5, 0.6) is 0 Å². The SMILES string of the molecule is CC(C)S(=O)(=O)N=C(c1ccccc1)c1ccccc1. The Morgan fingerprint density at radius 2 is 1.25 bits per heavy atom. The van der Waals surface area contributed by atoms with Crippen LogP contribution in [0.25, 0.3) is 0 Å². The molecule has 0 aromatic heterocycles. The molecule has 2 aromatic carbocycles. The van der Waals surface area contributed by atoms with Crippen molar-refractivity contribution < 1.29 is 8.42 Å². The fourth-order valence-corrected chi connectivity index (χ4v) is 2.37. The van der Waals surface area contributed by atoms with Crippen LogP contribution in [-0.4, -0.2) is 19.4 Å². The van der Waals surface area contributed by atoms with Crippen molar-refractivity contribution in [2.24, 2.45) is 4.40 Å². The molecule has 0 aliphatic carbocycles. The Labute approximate surface area is 120 Å². The summed E-state index contributed by atoms with van der Waals surface area (Å²) in [7, 11) is -3.51. The molecule has 0 aliphatic rings. The van der Waals surface area contributed by atoms with Gasteiger partial charge in [-0.2, -0.15) is 4.40 Å². The van der Waals surface area contributed by atoms with Crippen LogP contribution in [0, 0.1) is 0 Å². The van der Waals surface area contributed by atoms with E-state index in [4.69, 9.17) is 0 Å². The largest absolute Gasteiger partial charge is 0.256 e. The van der Waals surface area contributed by atoms with Gasteiger partial charge in [-0.1, -0.05) is 60.7 Å². The molecule has 3 nitrogen and oxygen atoms in total. The van der Waals surface area contributed by atoms with Crippen LogP contribution in [0.3, 0.4) is 0 Å². The molecule has 0 saturated heterocycles. The number of sulfonamides is 1. The third-order valence-corrected chi connectivity index (χ3v) is 4.54. The van der Waals surface area contributed by atoms with Gasteiger partial charge in [0.15, 0.2) is 0 Å². The normalized spacial score (nSPS) is 11.3. The summed E-state index contributed by atoms with van der Waals surface area (Å²) < 4.78 is 28.2. The van der Waals surface area contributed by atoms with Gasteiger partial charge in [0.05, 0.1) is 11.0 Å². The molecule has 0 atom stereocenters. The third kappa shape index (κ3) is 3.33. The fraction of sp³-hybridized carbons (Fsp3) is 0.188. The van der Waals surface area contributed by atoms with Gasteiger partial charge in [-0.15, -0.1) is 0 Å². The smallest absolute Gasteiger partial charge is 0.204 e. The monoisotopic (exact) mass is 287 g/mol. The van der Waals surface area contributed by atoms with E-state index in [9.17, 15) is 8.42 Å². The second-order valence-corrected chi connectivity index (χ2v) is 6.89. The third-order valence-electron chi connectivity index (χ3n) is 2.91. The molecule has 20 heavy (non-hydrogen) atoms. The minimum Gasteiger partial charge on any atom is -0.204 e. The molecule has 0 heterocycles. The van der Waals surface area contributed by atoms with Gasteiger partial charge in [-0.3, -0.25) is 0 Å². The van der Waals surface area contributed by atoms with Crippen LogP contribution >= 0.6 is 0 Å². The molecular formula is C16H17NO2S.